The minimum absolute atomic E-state index is 0.729. The topological polar surface area (TPSA) is 18.5 Å². The van der Waals surface area contributed by atoms with Crippen LogP contribution in [0.15, 0.2) is 0 Å². The number of thiol groups is 1. The fourth-order valence-electron chi connectivity index (χ4n) is 0.455. The van der Waals surface area contributed by atoms with Crippen LogP contribution in [0.3, 0.4) is 0 Å². The third kappa shape index (κ3) is 4.96. The van der Waals surface area contributed by atoms with Crippen molar-refractivity contribution in [1.29, 1.82) is 0 Å². The first-order valence-corrected chi connectivity index (χ1v) is 5.23. The summed E-state index contributed by atoms with van der Waals surface area (Å²) >= 11 is 4.08. The zero-order chi connectivity index (χ0) is 7.11. The molecule has 0 fully saturated rings. The molecular formula is C5H13O2SSi. The molecule has 0 aliphatic rings. The summed E-state index contributed by atoms with van der Waals surface area (Å²) < 4.78 is 10.5. The molecule has 4 heteroatoms. The fraction of sp³-hybridized carbons (Fsp3) is 1.00. The van der Waals surface area contributed by atoms with Crippen molar-refractivity contribution in [1.82, 2.24) is 0 Å². The van der Waals surface area contributed by atoms with Gasteiger partial charge in [0.15, 0.2) is 0 Å². The van der Waals surface area contributed by atoms with E-state index in [9.17, 15) is 0 Å². The van der Waals surface area contributed by atoms with Crippen molar-refractivity contribution >= 4 is 21.9 Å². The van der Waals surface area contributed by atoms with Crippen molar-refractivity contribution in [2.45, 2.75) is 13.8 Å². The Balaban J connectivity index is 3.18. The maximum absolute atomic E-state index is 5.23. The van der Waals surface area contributed by atoms with Gasteiger partial charge in [0.25, 0.3) is 0 Å². The Morgan fingerprint density at radius 3 is 1.89 bits per heavy atom. The molecule has 0 rings (SSSR count). The van der Waals surface area contributed by atoms with E-state index in [4.69, 9.17) is 8.85 Å². The molecule has 0 N–H and O–H groups in total. The molecule has 0 aliphatic carbocycles. The molecule has 0 saturated carbocycles. The van der Waals surface area contributed by atoms with Crippen LogP contribution in [0.25, 0.3) is 0 Å². The lowest BCUT2D eigenvalue weighted by molar-refractivity contribution is 0.219. The zero-order valence-corrected chi connectivity index (χ0v) is 7.78. The van der Waals surface area contributed by atoms with E-state index >= 15 is 0 Å². The molecule has 0 saturated heterocycles. The lowest BCUT2D eigenvalue weighted by atomic mass is 10.9. The van der Waals surface area contributed by atoms with Crippen LogP contribution in [0.1, 0.15) is 13.8 Å². The van der Waals surface area contributed by atoms with E-state index < -0.39 is 9.28 Å². The highest BCUT2D eigenvalue weighted by atomic mass is 32.1. The highest BCUT2D eigenvalue weighted by Crippen LogP contribution is 1.91. The predicted molar refractivity (Wildman–Crippen MR) is 42.9 cm³/mol. The normalized spacial score (nSPS) is 10.7. The Morgan fingerprint density at radius 2 is 1.67 bits per heavy atom. The summed E-state index contributed by atoms with van der Waals surface area (Å²) in [4.78, 5) is 0. The van der Waals surface area contributed by atoms with Gasteiger partial charge in [-0.1, -0.05) is 0 Å². The summed E-state index contributed by atoms with van der Waals surface area (Å²) in [6, 6.07) is 0. The average Bonchev–Trinajstić information content (AvgIpc) is 1.88. The van der Waals surface area contributed by atoms with E-state index in [2.05, 4.69) is 12.6 Å². The lowest BCUT2D eigenvalue weighted by Crippen LogP contribution is -2.25. The molecule has 2 nitrogen and oxygen atoms in total. The van der Waals surface area contributed by atoms with Crippen molar-refractivity contribution in [2.24, 2.45) is 0 Å². The largest absolute Gasteiger partial charge is 0.395 e. The van der Waals surface area contributed by atoms with E-state index in [1.165, 1.54) is 0 Å². The van der Waals surface area contributed by atoms with Crippen LogP contribution in [0, 0.1) is 0 Å². The van der Waals surface area contributed by atoms with Crippen molar-refractivity contribution < 1.29 is 8.85 Å². The Bertz CT molecular complexity index is 56.9. The molecule has 0 amide bonds. The second kappa shape index (κ2) is 6.60. The SMILES string of the molecule is CCO[Si](CS)OCC. The van der Waals surface area contributed by atoms with Crippen LogP contribution in [0.2, 0.25) is 0 Å². The standard InChI is InChI=1S/C5H13O2SSi/c1-3-6-9(5-8)7-4-2/h8H,3-5H2,1-2H3. The Hall–Kier alpha value is 0.487. The molecular weight excluding hydrogens is 152 g/mol. The van der Waals surface area contributed by atoms with Gasteiger partial charge in [-0.05, 0) is 13.8 Å². The first-order chi connectivity index (χ1) is 4.35. The van der Waals surface area contributed by atoms with Gasteiger partial charge >= 0.3 is 9.28 Å². The minimum Gasteiger partial charge on any atom is -0.393 e. The highest BCUT2D eigenvalue weighted by Gasteiger charge is 2.10. The van der Waals surface area contributed by atoms with Crippen LogP contribution < -0.4 is 0 Å². The van der Waals surface area contributed by atoms with Crippen LogP contribution >= 0.6 is 12.6 Å². The molecule has 0 spiro atoms. The highest BCUT2D eigenvalue weighted by molar-refractivity contribution is 7.81. The van der Waals surface area contributed by atoms with Crippen molar-refractivity contribution in [3.8, 4) is 0 Å². The van der Waals surface area contributed by atoms with E-state index in [1.807, 2.05) is 13.8 Å². The van der Waals surface area contributed by atoms with Crippen LogP contribution in [0.4, 0.5) is 0 Å². The summed E-state index contributed by atoms with van der Waals surface area (Å²) in [6.45, 7) is 5.39. The monoisotopic (exact) mass is 165 g/mol. The molecule has 1 radical (unpaired) electrons. The van der Waals surface area contributed by atoms with Gasteiger partial charge in [0.2, 0.25) is 0 Å². The van der Waals surface area contributed by atoms with Crippen LogP contribution in [0.5, 0.6) is 0 Å². The Labute approximate surface area is 63.8 Å². The van der Waals surface area contributed by atoms with Gasteiger partial charge in [0.05, 0.1) is 0 Å². The van der Waals surface area contributed by atoms with E-state index in [-0.39, 0.29) is 0 Å². The van der Waals surface area contributed by atoms with Crippen LogP contribution in [-0.4, -0.2) is 27.9 Å². The van der Waals surface area contributed by atoms with Gasteiger partial charge in [-0.15, -0.1) is 0 Å². The van der Waals surface area contributed by atoms with E-state index in [1.54, 1.807) is 0 Å². The molecule has 0 unspecified atom stereocenters. The predicted octanol–water partition coefficient (Wildman–Crippen LogP) is 1.02. The summed E-state index contributed by atoms with van der Waals surface area (Å²) in [5, 5.41) is 0.729. The number of hydrogen-bond donors (Lipinski definition) is 1. The van der Waals surface area contributed by atoms with Gasteiger partial charge in [0, 0.05) is 18.6 Å². The van der Waals surface area contributed by atoms with Crippen molar-refractivity contribution in [3.05, 3.63) is 0 Å². The summed E-state index contributed by atoms with van der Waals surface area (Å²) in [5.41, 5.74) is 0. The maximum Gasteiger partial charge on any atom is 0.395 e. The molecule has 0 atom stereocenters. The Morgan fingerprint density at radius 1 is 1.22 bits per heavy atom. The molecule has 0 aromatic rings. The molecule has 0 aromatic carbocycles. The summed E-state index contributed by atoms with van der Waals surface area (Å²) in [5.74, 6) is 0. The zero-order valence-electron chi connectivity index (χ0n) is 5.89. The third-order valence-corrected chi connectivity index (χ3v) is 2.99. The lowest BCUT2D eigenvalue weighted by Gasteiger charge is -2.08. The summed E-state index contributed by atoms with van der Waals surface area (Å²) in [7, 11) is -1.02. The second-order valence-corrected chi connectivity index (χ2v) is 3.98. The molecule has 0 bridgehead atoms. The Kier molecular flexibility index (Phi) is 6.96. The third-order valence-electron chi connectivity index (χ3n) is 0.740. The molecule has 0 aliphatic heterocycles. The fourth-order valence-corrected chi connectivity index (χ4v) is 1.91. The molecule has 0 aromatic heterocycles. The van der Waals surface area contributed by atoms with Gasteiger partial charge in [-0.2, -0.15) is 12.6 Å². The maximum atomic E-state index is 5.23. The first kappa shape index (κ1) is 9.49. The van der Waals surface area contributed by atoms with E-state index in [0.717, 1.165) is 18.6 Å². The molecule has 55 valence electrons. The smallest absolute Gasteiger partial charge is 0.393 e. The minimum atomic E-state index is -1.02. The second-order valence-electron chi connectivity index (χ2n) is 1.40. The molecule has 9 heavy (non-hydrogen) atoms. The van der Waals surface area contributed by atoms with Crippen molar-refractivity contribution in [3.63, 3.8) is 0 Å². The summed E-state index contributed by atoms with van der Waals surface area (Å²) in [6.07, 6.45) is 0. The van der Waals surface area contributed by atoms with E-state index in [0.29, 0.717) is 0 Å². The quantitative estimate of drug-likeness (QED) is 0.484. The van der Waals surface area contributed by atoms with Gasteiger partial charge in [-0.3, -0.25) is 0 Å². The first-order valence-electron chi connectivity index (χ1n) is 3.07. The number of hydrogen-bond acceptors (Lipinski definition) is 3. The van der Waals surface area contributed by atoms with Gasteiger partial charge in [0.1, 0.15) is 0 Å². The van der Waals surface area contributed by atoms with Gasteiger partial charge < -0.3 is 8.85 Å². The van der Waals surface area contributed by atoms with Gasteiger partial charge in [-0.25, -0.2) is 0 Å². The number of rotatable bonds is 5. The molecule has 0 heterocycles. The van der Waals surface area contributed by atoms with Crippen molar-refractivity contribution in [2.75, 3.05) is 18.6 Å². The average molecular weight is 165 g/mol. The van der Waals surface area contributed by atoms with Crippen LogP contribution in [-0.2, 0) is 8.85 Å².